The fourth-order valence-electron chi connectivity index (χ4n) is 2.20. The molecule has 0 atom stereocenters. The minimum Gasteiger partial charge on any atom is -0.494 e. The van der Waals surface area contributed by atoms with E-state index in [1.165, 1.54) is 22.2 Å². The van der Waals surface area contributed by atoms with Crippen molar-refractivity contribution < 1.29 is 9.13 Å². The highest BCUT2D eigenvalue weighted by Crippen LogP contribution is 2.35. The molecule has 1 nitrogen and oxygen atoms in total. The molecular formula is C17H14BrFOS. The van der Waals surface area contributed by atoms with Gasteiger partial charge in [-0.3, -0.25) is 0 Å². The van der Waals surface area contributed by atoms with Crippen molar-refractivity contribution in [3.05, 3.63) is 53.7 Å². The van der Waals surface area contributed by atoms with Gasteiger partial charge < -0.3 is 4.74 Å². The number of thiophene rings is 1. The smallest absolute Gasteiger partial charge is 0.123 e. The van der Waals surface area contributed by atoms with Crippen molar-refractivity contribution >= 4 is 37.4 Å². The van der Waals surface area contributed by atoms with Crippen LogP contribution < -0.4 is 4.74 Å². The van der Waals surface area contributed by atoms with E-state index in [1.807, 2.05) is 18.2 Å². The van der Waals surface area contributed by atoms with E-state index in [0.717, 1.165) is 28.6 Å². The van der Waals surface area contributed by atoms with Crippen molar-refractivity contribution in [1.29, 1.82) is 0 Å². The molecule has 0 amide bonds. The highest BCUT2D eigenvalue weighted by Gasteiger charge is 2.07. The summed E-state index contributed by atoms with van der Waals surface area (Å²) in [6.45, 7) is 0.715. The third kappa shape index (κ3) is 3.27. The van der Waals surface area contributed by atoms with E-state index in [9.17, 15) is 4.39 Å². The molecule has 3 aromatic rings. The van der Waals surface area contributed by atoms with Crippen LogP contribution in [0.4, 0.5) is 4.39 Å². The Bertz CT molecular complexity index is 736. The number of halogens is 2. The SMILES string of the molecule is Fc1ccc(-c2csc3cc(OCCCBr)ccc23)cc1. The van der Waals surface area contributed by atoms with Crippen LogP contribution >= 0.6 is 27.3 Å². The van der Waals surface area contributed by atoms with Crippen LogP contribution in [0.15, 0.2) is 47.8 Å². The molecular weight excluding hydrogens is 351 g/mol. The van der Waals surface area contributed by atoms with E-state index in [4.69, 9.17) is 4.74 Å². The Morgan fingerprint density at radius 2 is 1.90 bits per heavy atom. The largest absolute Gasteiger partial charge is 0.494 e. The van der Waals surface area contributed by atoms with E-state index in [-0.39, 0.29) is 5.82 Å². The standard InChI is InChI=1S/C17H14BrFOS/c18-8-1-9-20-14-6-7-15-16(11-21-17(15)10-14)12-2-4-13(19)5-3-12/h2-7,10-11H,1,8-9H2. The second-order valence-electron chi connectivity index (χ2n) is 4.71. The molecule has 0 aliphatic rings. The minimum absolute atomic E-state index is 0.208. The first-order valence-electron chi connectivity index (χ1n) is 6.74. The maximum atomic E-state index is 13.0. The zero-order chi connectivity index (χ0) is 14.7. The molecule has 3 rings (SSSR count). The van der Waals surface area contributed by atoms with Crippen molar-refractivity contribution in [1.82, 2.24) is 0 Å². The van der Waals surface area contributed by atoms with Crippen molar-refractivity contribution in [3.63, 3.8) is 0 Å². The van der Waals surface area contributed by atoms with Gasteiger partial charge >= 0.3 is 0 Å². The number of alkyl halides is 1. The van der Waals surface area contributed by atoms with Crippen LogP contribution in [0.5, 0.6) is 5.75 Å². The van der Waals surface area contributed by atoms with Crippen LogP contribution in [0.3, 0.4) is 0 Å². The molecule has 0 aliphatic heterocycles. The van der Waals surface area contributed by atoms with Crippen LogP contribution in [-0.2, 0) is 0 Å². The van der Waals surface area contributed by atoms with E-state index >= 15 is 0 Å². The Kier molecular flexibility index (Phi) is 4.56. The molecule has 1 aromatic heterocycles. The van der Waals surface area contributed by atoms with Gasteiger partial charge in [-0.1, -0.05) is 28.1 Å². The summed E-state index contributed by atoms with van der Waals surface area (Å²) in [6.07, 6.45) is 0.989. The van der Waals surface area contributed by atoms with Crippen molar-refractivity contribution in [3.8, 4) is 16.9 Å². The van der Waals surface area contributed by atoms with Crippen molar-refractivity contribution in [2.24, 2.45) is 0 Å². The van der Waals surface area contributed by atoms with E-state index in [2.05, 4.69) is 33.4 Å². The Balaban J connectivity index is 1.90. The summed E-state index contributed by atoms with van der Waals surface area (Å²) in [7, 11) is 0. The molecule has 0 fully saturated rings. The average Bonchev–Trinajstić information content (AvgIpc) is 2.91. The van der Waals surface area contributed by atoms with Gasteiger partial charge in [0.05, 0.1) is 6.61 Å². The van der Waals surface area contributed by atoms with Crippen LogP contribution in [-0.4, -0.2) is 11.9 Å². The normalized spacial score (nSPS) is 11.0. The molecule has 0 radical (unpaired) electrons. The van der Waals surface area contributed by atoms with E-state index in [1.54, 1.807) is 11.3 Å². The van der Waals surface area contributed by atoms with Gasteiger partial charge in [-0.2, -0.15) is 0 Å². The predicted octanol–water partition coefficient (Wildman–Crippen LogP) is 5.87. The Hall–Kier alpha value is -1.39. The fourth-order valence-corrected chi connectivity index (χ4v) is 3.42. The van der Waals surface area contributed by atoms with Crippen LogP contribution in [0, 0.1) is 5.82 Å². The highest BCUT2D eigenvalue weighted by atomic mass is 79.9. The second kappa shape index (κ2) is 6.58. The first-order chi connectivity index (χ1) is 10.3. The second-order valence-corrected chi connectivity index (χ2v) is 6.41. The molecule has 1 heterocycles. The fraction of sp³-hybridized carbons (Fsp3) is 0.176. The molecule has 4 heteroatoms. The quantitative estimate of drug-likeness (QED) is 0.406. The summed E-state index contributed by atoms with van der Waals surface area (Å²) in [5.41, 5.74) is 2.18. The van der Waals surface area contributed by atoms with Gasteiger partial charge in [0, 0.05) is 21.0 Å². The van der Waals surface area contributed by atoms with Crippen LogP contribution in [0.1, 0.15) is 6.42 Å². The Labute approximate surface area is 135 Å². The van der Waals surface area contributed by atoms with Crippen LogP contribution in [0.2, 0.25) is 0 Å². The molecule has 0 aliphatic carbocycles. The Morgan fingerprint density at radius 1 is 1.10 bits per heavy atom. The number of ether oxygens (including phenoxy) is 1. The van der Waals surface area contributed by atoms with Gasteiger partial charge in [0.25, 0.3) is 0 Å². The van der Waals surface area contributed by atoms with Crippen molar-refractivity contribution in [2.45, 2.75) is 6.42 Å². The number of benzene rings is 2. The number of rotatable bonds is 5. The molecule has 0 bridgehead atoms. The molecule has 0 unspecified atom stereocenters. The minimum atomic E-state index is -0.208. The lowest BCUT2D eigenvalue weighted by atomic mass is 10.0. The lowest BCUT2D eigenvalue weighted by Crippen LogP contribution is -1.97. The molecule has 108 valence electrons. The molecule has 0 saturated heterocycles. The number of hydrogen-bond acceptors (Lipinski definition) is 2. The van der Waals surface area contributed by atoms with Gasteiger partial charge in [0.1, 0.15) is 11.6 Å². The highest BCUT2D eigenvalue weighted by molar-refractivity contribution is 9.09. The zero-order valence-electron chi connectivity index (χ0n) is 11.3. The number of fused-ring (bicyclic) bond motifs is 1. The summed E-state index contributed by atoms with van der Waals surface area (Å²) >= 11 is 5.08. The van der Waals surface area contributed by atoms with Gasteiger partial charge in [-0.15, -0.1) is 11.3 Å². The van der Waals surface area contributed by atoms with Gasteiger partial charge in [0.2, 0.25) is 0 Å². The molecule has 2 aromatic carbocycles. The molecule has 21 heavy (non-hydrogen) atoms. The first kappa shape index (κ1) is 14.5. The van der Waals surface area contributed by atoms with Gasteiger partial charge in [-0.05, 0) is 47.7 Å². The summed E-state index contributed by atoms with van der Waals surface area (Å²) < 4.78 is 19.9. The molecule has 0 N–H and O–H groups in total. The topological polar surface area (TPSA) is 9.23 Å². The maximum Gasteiger partial charge on any atom is 0.123 e. The van der Waals surface area contributed by atoms with Crippen LogP contribution in [0.25, 0.3) is 21.2 Å². The van der Waals surface area contributed by atoms with E-state index in [0.29, 0.717) is 6.61 Å². The zero-order valence-corrected chi connectivity index (χ0v) is 13.7. The van der Waals surface area contributed by atoms with E-state index < -0.39 is 0 Å². The lowest BCUT2D eigenvalue weighted by molar-refractivity contribution is 0.319. The lowest BCUT2D eigenvalue weighted by Gasteiger charge is -2.05. The third-order valence-corrected chi connectivity index (χ3v) is 4.75. The summed E-state index contributed by atoms with van der Waals surface area (Å²) in [6, 6.07) is 12.8. The van der Waals surface area contributed by atoms with Crippen molar-refractivity contribution in [2.75, 3.05) is 11.9 Å². The summed E-state index contributed by atoms with van der Waals surface area (Å²) in [5, 5.41) is 4.24. The summed E-state index contributed by atoms with van der Waals surface area (Å²) in [5.74, 6) is 0.691. The predicted molar refractivity (Wildman–Crippen MR) is 91.1 cm³/mol. The average molecular weight is 365 g/mol. The third-order valence-electron chi connectivity index (χ3n) is 3.25. The van der Waals surface area contributed by atoms with Gasteiger partial charge in [-0.25, -0.2) is 4.39 Å². The first-order valence-corrected chi connectivity index (χ1v) is 8.74. The molecule has 0 saturated carbocycles. The summed E-state index contributed by atoms with van der Waals surface area (Å²) in [4.78, 5) is 0. The number of hydrogen-bond donors (Lipinski definition) is 0. The maximum absolute atomic E-state index is 13.0. The molecule has 0 spiro atoms. The monoisotopic (exact) mass is 364 g/mol. The Morgan fingerprint density at radius 3 is 2.67 bits per heavy atom. The van der Waals surface area contributed by atoms with Gasteiger partial charge in [0.15, 0.2) is 0 Å².